The molecule has 1 aromatic carbocycles. The first-order chi connectivity index (χ1) is 15.5. The van der Waals surface area contributed by atoms with Crippen molar-refractivity contribution in [2.75, 3.05) is 11.9 Å². The van der Waals surface area contributed by atoms with Crippen molar-refractivity contribution in [2.24, 2.45) is 5.92 Å². The van der Waals surface area contributed by atoms with Crippen molar-refractivity contribution in [1.29, 1.82) is 5.26 Å². The number of hydrogen-bond acceptors (Lipinski definition) is 6. The Bertz CT molecular complexity index is 1110. The standard InChI is InChI=1S/C22H21ClF3N3O3S/c1-3-32-20(31)21(22(24,25)26,28-18(30)13-5-4-6-14(23)10-13)29-19-16(11-27)15-8-7-12(2)9-17(15)33-19/h4-6,10,12,29H,3,7-9H2,1-2H3,(H,28,30)/t12-,21+/m0/s1. The number of hydrogen-bond donors (Lipinski definition) is 2. The number of rotatable bonds is 6. The van der Waals surface area contributed by atoms with Crippen LogP contribution in [0.4, 0.5) is 18.2 Å². The predicted octanol–water partition coefficient (Wildman–Crippen LogP) is 5.06. The molecule has 0 radical (unpaired) electrons. The van der Waals surface area contributed by atoms with Crippen LogP contribution in [-0.2, 0) is 22.4 Å². The first-order valence-corrected chi connectivity index (χ1v) is 11.4. The van der Waals surface area contributed by atoms with Crippen LogP contribution in [0.5, 0.6) is 0 Å². The number of carbonyl (C=O) groups is 2. The van der Waals surface area contributed by atoms with E-state index in [9.17, 15) is 28.0 Å². The minimum absolute atomic E-state index is 0.0387. The maximum absolute atomic E-state index is 14.5. The molecule has 1 aromatic heterocycles. The van der Waals surface area contributed by atoms with Crippen molar-refractivity contribution in [3.8, 4) is 6.07 Å². The molecule has 6 nitrogen and oxygen atoms in total. The van der Waals surface area contributed by atoms with Gasteiger partial charge in [-0.25, -0.2) is 4.79 Å². The number of alkyl halides is 3. The fourth-order valence-corrected chi connectivity index (χ4v) is 5.24. The number of fused-ring (bicyclic) bond motifs is 1. The van der Waals surface area contributed by atoms with Gasteiger partial charge in [-0.3, -0.25) is 4.79 Å². The summed E-state index contributed by atoms with van der Waals surface area (Å²) in [6, 6.07) is 7.24. The smallest absolute Gasteiger partial charge is 0.441 e. The molecule has 0 fully saturated rings. The fraction of sp³-hybridized carbons (Fsp3) is 0.409. The number of carbonyl (C=O) groups excluding carboxylic acids is 2. The highest BCUT2D eigenvalue weighted by molar-refractivity contribution is 7.16. The third kappa shape index (κ3) is 4.94. The van der Waals surface area contributed by atoms with Gasteiger partial charge >= 0.3 is 17.8 Å². The minimum Gasteiger partial charge on any atom is -0.463 e. The number of nitriles is 1. The summed E-state index contributed by atoms with van der Waals surface area (Å²) in [5, 5.41) is 13.6. The zero-order valence-electron chi connectivity index (χ0n) is 17.8. The van der Waals surface area contributed by atoms with Crippen LogP contribution in [0.1, 0.15) is 46.6 Å². The molecule has 176 valence electrons. The normalized spacial score (nSPS) is 17.3. The monoisotopic (exact) mass is 499 g/mol. The van der Waals surface area contributed by atoms with Gasteiger partial charge in [0.1, 0.15) is 11.1 Å². The SMILES string of the molecule is CCOC(=O)[C@@](NC(=O)c1cccc(Cl)c1)(Nc1sc2c(c1C#N)CC[C@H](C)C2)C(F)(F)F. The molecular weight excluding hydrogens is 479 g/mol. The minimum atomic E-state index is -5.31. The highest BCUT2D eigenvalue weighted by atomic mass is 35.5. The molecule has 33 heavy (non-hydrogen) atoms. The maximum atomic E-state index is 14.5. The lowest BCUT2D eigenvalue weighted by Crippen LogP contribution is -2.69. The van der Waals surface area contributed by atoms with Gasteiger partial charge in [-0.2, -0.15) is 18.4 Å². The second kappa shape index (κ2) is 9.61. The molecule has 1 amide bonds. The van der Waals surface area contributed by atoms with E-state index in [1.54, 1.807) is 5.32 Å². The van der Waals surface area contributed by atoms with Gasteiger partial charge in [0.25, 0.3) is 5.91 Å². The van der Waals surface area contributed by atoms with Crippen molar-refractivity contribution < 1.29 is 27.5 Å². The van der Waals surface area contributed by atoms with Gasteiger partial charge < -0.3 is 15.4 Å². The highest BCUT2D eigenvalue weighted by Gasteiger charge is 2.64. The first kappa shape index (κ1) is 24.9. The van der Waals surface area contributed by atoms with Crippen LogP contribution in [0.25, 0.3) is 0 Å². The maximum Gasteiger partial charge on any atom is 0.441 e. The molecule has 2 atom stereocenters. The molecule has 3 rings (SSSR count). The van der Waals surface area contributed by atoms with Crippen LogP contribution in [0, 0.1) is 17.2 Å². The number of ether oxygens (including phenoxy) is 1. The summed E-state index contributed by atoms with van der Waals surface area (Å²) in [4.78, 5) is 26.3. The molecule has 1 aliphatic carbocycles. The van der Waals surface area contributed by atoms with E-state index in [1.807, 2.05) is 13.0 Å². The molecule has 0 unspecified atom stereocenters. The Kier molecular flexibility index (Phi) is 7.24. The van der Waals surface area contributed by atoms with Crippen LogP contribution in [0.3, 0.4) is 0 Å². The van der Waals surface area contributed by atoms with Gasteiger partial charge in [-0.1, -0.05) is 24.6 Å². The van der Waals surface area contributed by atoms with E-state index in [-0.39, 0.29) is 27.8 Å². The van der Waals surface area contributed by atoms with Gasteiger partial charge in [0, 0.05) is 15.5 Å². The molecule has 2 N–H and O–H groups in total. The van der Waals surface area contributed by atoms with E-state index < -0.39 is 23.7 Å². The molecule has 0 aliphatic heterocycles. The quantitative estimate of drug-likeness (QED) is 0.428. The number of thiophene rings is 1. The van der Waals surface area contributed by atoms with E-state index in [4.69, 9.17) is 16.3 Å². The molecule has 0 bridgehead atoms. The molecule has 1 heterocycles. The number of nitrogens with one attached hydrogen (secondary N) is 2. The fourth-order valence-electron chi connectivity index (χ4n) is 3.63. The summed E-state index contributed by atoms with van der Waals surface area (Å²) in [7, 11) is 0. The summed E-state index contributed by atoms with van der Waals surface area (Å²) < 4.78 is 48.2. The Balaban J connectivity index is 2.10. The van der Waals surface area contributed by atoms with Crippen LogP contribution in [0.15, 0.2) is 24.3 Å². The number of amides is 1. The second-order valence-electron chi connectivity index (χ2n) is 7.73. The van der Waals surface area contributed by atoms with Gasteiger partial charge in [-0.15, -0.1) is 11.3 Å². The Morgan fingerprint density at radius 2 is 2.09 bits per heavy atom. The Labute approximate surface area is 197 Å². The average molecular weight is 500 g/mol. The van der Waals surface area contributed by atoms with Crippen molar-refractivity contribution in [3.63, 3.8) is 0 Å². The summed E-state index contributed by atoms with van der Waals surface area (Å²) in [5.74, 6) is -2.61. The Morgan fingerprint density at radius 1 is 1.36 bits per heavy atom. The molecule has 0 spiro atoms. The summed E-state index contributed by atoms with van der Waals surface area (Å²) in [6.07, 6.45) is -3.35. The van der Waals surface area contributed by atoms with Crippen LogP contribution in [0.2, 0.25) is 5.02 Å². The lowest BCUT2D eigenvalue weighted by atomic mass is 9.88. The number of halogens is 4. The Hall–Kier alpha value is -2.77. The highest BCUT2D eigenvalue weighted by Crippen LogP contribution is 2.42. The second-order valence-corrected chi connectivity index (χ2v) is 9.27. The number of esters is 1. The van der Waals surface area contributed by atoms with E-state index in [1.165, 1.54) is 31.2 Å². The van der Waals surface area contributed by atoms with Gasteiger partial charge in [-0.05, 0) is 55.9 Å². The lowest BCUT2D eigenvalue weighted by molar-refractivity contribution is -0.204. The predicted molar refractivity (Wildman–Crippen MR) is 118 cm³/mol. The van der Waals surface area contributed by atoms with Crippen molar-refractivity contribution in [2.45, 2.75) is 44.9 Å². The molecule has 11 heteroatoms. The van der Waals surface area contributed by atoms with Crippen molar-refractivity contribution in [1.82, 2.24) is 5.32 Å². The summed E-state index contributed by atoms with van der Waals surface area (Å²) in [6.45, 7) is 3.02. The third-order valence-electron chi connectivity index (χ3n) is 5.32. The van der Waals surface area contributed by atoms with Gasteiger partial charge in [0.05, 0.1) is 12.2 Å². The zero-order valence-corrected chi connectivity index (χ0v) is 19.4. The van der Waals surface area contributed by atoms with E-state index >= 15 is 0 Å². The van der Waals surface area contributed by atoms with Crippen LogP contribution >= 0.6 is 22.9 Å². The summed E-state index contributed by atoms with van der Waals surface area (Å²) >= 11 is 6.84. The average Bonchev–Trinajstić information content (AvgIpc) is 3.08. The lowest BCUT2D eigenvalue weighted by Gasteiger charge is -2.35. The van der Waals surface area contributed by atoms with Crippen LogP contribution < -0.4 is 10.6 Å². The number of nitrogens with zero attached hydrogens (tertiary/aromatic N) is 1. The topological polar surface area (TPSA) is 91.2 Å². The Morgan fingerprint density at radius 3 is 2.70 bits per heavy atom. The van der Waals surface area contributed by atoms with E-state index in [0.29, 0.717) is 24.3 Å². The van der Waals surface area contributed by atoms with E-state index in [2.05, 4.69) is 5.32 Å². The van der Waals surface area contributed by atoms with Gasteiger partial charge in [0.15, 0.2) is 0 Å². The molecule has 0 saturated heterocycles. The zero-order chi connectivity index (χ0) is 24.4. The summed E-state index contributed by atoms with van der Waals surface area (Å²) in [5.41, 5.74) is -3.09. The molecule has 0 saturated carbocycles. The molecule has 2 aromatic rings. The van der Waals surface area contributed by atoms with E-state index in [0.717, 1.165) is 22.6 Å². The largest absolute Gasteiger partial charge is 0.463 e. The van der Waals surface area contributed by atoms with Crippen molar-refractivity contribution in [3.05, 3.63) is 50.9 Å². The van der Waals surface area contributed by atoms with Crippen molar-refractivity contribution >= 4 is 39.8 Å². The van der Waals surface area contributed by atoms with Gasteiger partial charge in [0.2, 0.25) is 0 Å². The third-order valence-corrected chi connectivity index (χ3v) is 6.72. The first-order valence-electron chi connectivity index (χ1n) is 10.2. The van der Waals surface area contributed by atoms with Crippen LogP contribution in [-0.4, -0.2) is 30.3 Å². The number of anilines is 1. The molecular formula is C22H21ClF3N3O3S. The number of benzene rings is 1. The molecule has 1 aliphatic rings.